The minimum absolute atomic E-state index is 0.160. The van der Waals surface area contributed by atoms with E-state index in [1.54, 1.807) is 0 Å². The van der Waals surface area contributed by atoms with Crippen LogP contribution in [0, 0.1) is 4.91 Å². The van der Waals surface area contributed by atoms with Crippen molar-refractivity contribution >= 4 is 27.8 Å². The summed E-state index contributed by atoms with van der Waals surface area (Å²) in [5.74, 6) is -0.424. The number of rotatable bonds is 10. The number of benzene rings is 3. The molecule has 35 heavy (non-hydrogen) atoms. The largest absolute Gasteiger partial charge is 0.460 e. The van der Waals surface area contributed by atoms with Crippen molar-refractivity contribution in [2.24, 2.45) is 5.18 Å². The van der Waals surface area contributed by atoms with Crippen LogP contribution in [-0.4, -0.2) is 28.1 Å². The Hall–Kier alpha value is -4.23. The molecule has 176 valence electrons. The van der Waals surface area contributed by atoms with Gasteiger partial charge < -0.3 is 14.7 Å². The summed E-state index contributed by atoms with van der Waals surface area (Å²) in [5.41, 5.74) is 4.80. The number of nitrogens with one attached hydrogen (secondary N) is 3. The summed E-state index contributed by atoms with van der Waals surface area (Å²) in [7, 11) is 0. The summed E-state index contributed by atoms with van der Waals surface area (Å²) in [6.45, 7) is 0.160. The minimum Gasteiger partial charge on any atom is -0.460 e. The molecule has 0 saturated carbocycles. The van der Waals surface area contributed by atoms with Gasteiger partial charge >= 0.3 is 5.97 Å². The van der Waals surface area contributed by atoms with Gasteiger partial charge in [-0.2, -0.15) is 0 Å². The van der Waals surface area contributed by atoms with E-state index in [1.807, 2.05) is 91.3 Å². The average Bonchev–Trinajstić information content (AvgIpc) is 3.51. The first-order chi connectivity index (χ1) is 17.2. The number of nitrogens with zero attached hydrogens (tertiary/aromatic N) is 1. The van der Waals surface area contributed by atoms with Crippen LogP contribution < -0.4 is 5.32 Å². The number of aromatic nitrogens is 2. The number of carbonyl (C=O) groups is 1. The molecule has 3 aromatic carbocycles. The van der Waals surface area contributed by atoms with Gasteiger partial charge in [-0.15, -0.1) is 4.91 Å². The van der Waals surface area contributed by atoms with Crippen molar-refractivity contribution in [2.45, 2.75) is 31.7 Å². The van der Waals surface area contributed by atoms with Crippen LogP contribution in [0.3, 0.4) is 0 Å². The van der Waals surface area contributed by atoms with Crippen LogP contribution in [0.5, 0.6) is 0 Å². The number of esters is 1. The highest BCUT2D eigenvalue weighted by molar-refractivity contribution is 5.85. The molecule has 0 spiro atoms. The van der Waals surface area contributed by atoms with Crippen LogP contribution in [-0.2, 0) is 29.0 Å². The van der Waals surface area contributed by atoms with Gasteiger partial charge in [0.05, 0.1) is 0 Å². The molecule has 0 aliphatic carbocycles. The molecule has 1 unspecified atom stereocenters. The molecule has 5 aromatic rings. The van der Waals surface area contributed by atoms with Gasteiger partial charge in [-0.25, -0.2) is 0 Å². The molecular formula is C28H26N4O3. The molecule has 3 N–H and O–H groups in total. The van der Waals surface area contributed by atoms with Gasteiger partial charge in [0.15, 0.2) is 0 Å². The molecule has 7 heteroatoms. The number of para-hydroxylation sites is 2. The Morgan fingerprint density at radius 3 is 2.00 bits per heavy atom. The van der Waals surface area contributed by atoms with Crippen molar-refractivity contribution in [3.8, 4) is 0 Å². The quantitative estimate of drug-likeness (QED) is 0.194. The van der Waals surface area contributed by atoms with E-state index < -0.39 is 18.2 Å². The van der Waals surface area contributed by atoms with Crippen LogP contribution >= 0.6 is 0 Å². The van der Waals surface area contributed by atoms with Crippen molar-refractivity contribution < 1.29 is 9.53 Å². The van der Waals surface area contributed by atoms with Crippen LogP contribution in [0.25, 0.3) is 21.8 Å². The molecule has 0 saturated heterocycles. The molecule has 5 rings (SSSR count). The van der Waals surface area contributed by atoms with Gasteiger partial charge in [-0.1, -0.05) is 71.9 Å². The minimum atomic E-state index is -0.798. The lowest BCUT2D eigenvalue weighted by Crippen LogP contribution is -2.45. The number of nitroso groups, excluding NO2 is 1. The summed E-state index contributed by atoms with van der Waals surface area (Å²) in [4.78, 5) is 31.5. The van der Waals surface area contributed by atoms with Crippen LogP contribution in [0.1, 0.15) is 16.7 Å². The maximum Gasteiger partial charge on any atom is 0.323 e. The Labute approximate surface area is 202 Å². The Morgan fingerprint density at radius 1 is 0.800 bits per heavy atom. The van der Waals surface area contributed by atoms with E-state index in [2.05, 4.69) is 20.5 Å². The maximum atomic E-state index is 13.2. The predicted octanol–water partition coefficient (Wildman–Crippen LogP) is 5.23. The lowest BCUT2D eigenvalue weighted by molar-refractivity contribution is -0.147. The molecule has 0 aliphatic heterocycles. The summed E-state index contributed by atoms with van der Waals surface area (Å²) < 4.78 is 5.64. The van der Waals surface area contributed by atoms with Crippen molar-refractivity contribution in [1.82, 2.24) is 15.3 Å². The van der Waals surface area contributed by atoms with Crippen LogP contribution in [0.15, 0.2) is 96.4 Å². The summed E-state index contributed by atoms with van der Waals surface area (Å²) >= 11 is 0. The second kappa shape index (κ2) is 10.4. The SMILES string of the molecule is O=NC(Cc1c[nH]c2ccccc12)N[C@@H](Cc1c[nH]c2ccccc12)C(=O)OCc1ccccc1. The van der Waals surface area contributed by atoms with E-state index >= 15 is 0 Å². The fourth-order valence-electron chi connectivity index (χ4n) is 4.43. The number of aromatic amines is 2. The third-order valence-corrected chi connectivity index (χ3v) is 6.22. The summed E-state index contributed by atoms with van der Waals surface area (Å²) in [6, 6.07) is 24.6. The summed E-state index contributed by atoms with van der Waals surface area (Å²) in [6.07, 6.45) is 3.69. The molecule has 0 fully saturated rings. The Morgan fingerprint density at radius 2 is 1.37 bits per heavy atom. The molecule has 0 bridgehead atoms. The molecule has 2 aromatic heterocycles. The van der Waals surface area contributed by atoms with Gasteiger partial charge in [0.2, 0.25) is 0 Å². The van der Waals surface area contributed by atoms with Crippen molar-refractivity contribution in [2.75, 3.05) is 0 Å². The molecule has 2 atom stereocenters. The number of H-pyrrole nitrogens is 2. The molecule has 0 amide bonds. The first-order valence-electron chi connectivity index (χ1n) is 11.6. The standard InChI is InChI=1S/C28H26N4O3/c33-28(35-18-19-8-2-1-3-9-19)26(14-20-16-29-24-12-6-4-10-22(20)24)31-27(32-34)15-21-17-30-25-13-7-5-11-23(21)25/h1-13,16-17,26-27,29-31H,14-15,18H2/t26-,27?/m0/s1. The van der Waals surface area contributed by atoms with Gasteiger partial charge in [0, 0.05) is 47.0 Å². The van der Waals surface area contributed by atoms with Crippen molar-refractivity contribution in [1.29, 1.82) is 0 Å². The lowest BCUT2D eigenvalue weighted by atomic mass is 10.0. The first kappa shape index (κ1) is 22.6. The fraction of sp³-hybridized carbons (Fsp3) is 0.179. The second-order valence-corrected chi connectivity index (χ2v) is 8.56. The average molecular weight is 467 g/mol. The molecule has 0 radical (unpaired) electrons. The molecule has 0 aliphatic rings. The van der Waals surface area contributed by atoms with E-state index in [9.17, 15) is 9.70 Å². The normalized spacial score (nSPS) is 13.0. The zero-order valence-electron chi connectivity index (χ0n) is 19.1. The highest BCUT2D eigenvalue weighted by atomic mass is 16.5. The van der Waals surface area contributed by atoms with E-state index in [4.69, 9.17) is 4.74 Å². The highest BCUT2D eigenvalue weighted by Crippen LogP contribution is 2.22. The van der Waals surface area contributed by atoms with Crippen LogP contribution in [0.2, 0.25) is 0 Å². The number of hydrogen-bond acceptors (Lipinski definition) is 5. The number of carbonyl (C=O) groups excluding carboxylic acids is 1. The zero-order chi connectivity index (χ0) is 24.0. The molecule has 2 heterocycles. The molecule has 7 nitrogen and oxygen atoms in total. The fourth-order valence-corrected chi connectivity index (χ4v) is 4.43. The topological polar surface area (TPSA) is 99.3 Å². The highest BCUT2D eigenvalue weighted by Gasteiger charge is 2.26. The number of hydrogen-bond donors (Lipinski definition) is 3. The molecular weight excluding hydrogens is 440 g/mol. The van der Waals surface area contributed by atoms with Gasteiger partial charge in [0.1, 0.15) is 18.8 Å². The monoisotopic (exact) mass is 466 g/mol. The Balaban J connectivity index is 1.36. The van der Waals surface area contributed by atoms with Crippen molar-refractivity contribution in [3.05, 3.63) is 113 Å². The van der Waals surface area contributed by atoms with E-state index in [0.717, 1.165) is 38.5 Å². The number of ether oxygens (including phenoxy) is 1. The van der Waals surface area contributed by atoms with Gasteiger partial charge in [0.25, 0.3) is 0 Å². The number of fused-ring (bicyclic) bond motifs is 2. The summed E-state index contributed by atoms with van der Waals surface area (Å²) in [5, 5.41) is 8.54. The van der Waals surface area contributed by atoms with E-state index in [0.29, 0.717) is 12.8 Å². The van der Waals surface area contributed by atoms with E-state index in [1.165, 1.54) is 0 Å². The predicted molar refractivity (Wildman–Crippen MR) is 137 cm³/mol. The lowest BCUT2D eigenvalue weighted by Gasteiger charge is -2.21. The third-order valence-electron chi connectivity index (χ3n) is 6.22. The van der Waals surface area contributed by atoms with Gasteiger partial charge in [-0.3, -0.25) is 10.1 Å². The van der Waals surface area contributed by atoms with Crippen LogP contribution in [0.4, 0.5) is 0 Å². The van der Waals surface area contributed by atoms with Gasteiger partial charge in [-0.05, 0) is 28.8 Å². The zero-order valence-corrected chi connectivity index (χ0v) is 19.1. The van der Waals surface area contributed by atoms with Crippen molar-refractivity contribution in [3.63, 3.8) is 0 Å². The Kier molecular flexibility index (Phi) is 6.68. The second-order valence-electron chi connectivity index (χ2n) is 8.56. The Bertz CT molecular complexity index is 1440. The smallest absolute Gasteiger partial charge is 0.323 e. The van der Waals surface area contributed by atoms with E-state index in [-0.39, 0.29) is 6.61 Å². The maximum absolute atomic E-state index is 13.2. The third kappa shape index (κ3) is 5.15. The first-order valence-corrected chi connectivity index (χ1v) is 11.6.